The summed E-state index contributed by atoms with van der Waals surface area (Å²) in [6.45, 7) is 9.33. The smallest absolute Gasteiger partial charge is 0.411 e. The van der Waals surface area contributed by atoms with Crippen molar-refractivity contribution in [2.24, 2.45) is 0 Å². The van der Waals surface area contributed by atoms with Crippen molar-refractivity contribution in [1.82, 2.24) is 10.2 Å². The number of halogens is 1. The number of benzene rings is 2. The number of hydrogen-bond donors (Lipinski definition) is 1. The molecule has 13 heteroatoms. The molecule has 1 N–H and O–H groups in total. The number of ether oxygens (including phenoxy) is 7. The maximum absolute atomic E-state index is 12.4. The molecule has 2 aliphatic rings. The molecule has 12 nitrogen and oxygen atoms in total. The zero-order valence-corrected chi connectivity index (χ0v) is 29.4. The summed E-state index contributed by atoms with van der Waals surface area (Å²) in [5, 5.41) is 3.08. The summed E-state index contributed by atoms with van der Waals surface area (Å²) in [4.78, 5) is 37.1. The van der Waals surface area contributed by atoms with Gasteiger partial charge in [-0.25, -0.2) is 9.59 Å². The normalized spacial score (nSPS) is 20.2. The molecular weight excluding hydrogens is 644 g/mol. The summed E-state index contributed by atoms with van der Waals surface area (Å²) in [6.07, 6.45) is 0.293. The van der Waals surface area contributed by atoms with Gasteiger partial charge in [-0.2, -0.15) is 0 Å². The maximum atomic E-state index is 12.4. The monoisotopic (exact) mass is 694 g/mol. The molecule has 0 radical (unpaired) electrons. The van der Waals surface area contributed by atoms with Crippen LogP contribution in [0.1, 0.15) is 44.7 Å². The van der Waals surface area contributed by atoms with Gasteiger partial charge in [0.25, 0.3) is 0 Å². The highest BCUT2D eigenvalue weighted by Crippen LogP contribution is 2.24. The van der Waals surface area contributed by atoms with Crippen LogP contribution in [-0.2, 0) is 56.0 Å². The van der Waals surface area contributed by atoms with Crippen LogP contribution in [-0.4, -0.2) is 107 Å². The summed E-state index contributed by atoms with van der Waals surface area (Å²) in [5.41, 5.74) is 1.61. The number of likely N-dealkylation sites (tertiary alicyclic amines) is 1. The Morgan fingerprint density at radius 3 is 1.77 bits per heavy atom. The molecule has 2 heterocycles. The first-order chi connectivity index (χ1) is 22.6. The molecule has 2 aromatic rings. The van der Waals surface area contributed by atoms with Crippen molar-refractivity contribution in [1.29, 1.82) is 0 Å². The van der Waals surface area contributed by atoms with Gasteiger partial charge in [0.1, 0.15) is 17.7 Å². The van der Waals surface area contributed by atoms with Gasteiger partial charge in [0.15, 0.2) is 0 Å². The predicted molar refractivity (Wildman–Crippen MR) is 181 cm³/mol. The molecule has 4 atom stereocenters. The Balaban J connectivity index is 0.000000340. The second-order valence-corrected chi connectivity index (χ2v) is 12.2. The van der Waals surface area contributed by atoms with Gasteiger partial charge in [-0.3, -0.25) is 9.69 Å². The standard InChI is InChI=1S/C20H29NO6.C15H21NO4.ClH/c1-20(2,3)27-19(23)21-13-16(12-17(21)18(22)24-4)26-11-10-25-14-15-8-6-5-7-9-15;1-18-15(17)14-9-13(10-16-14)20-8-7-19-11-12-5-3-2-4-6-12;/h5-9,16-17H,10-14H2,1-4H3;2-6,13-14,16H,7-11H2,1H3;1H/t16-,17+;13-,14+;/m11./s1. The fourth-order valence-corrected chi connectivity index (χ4v) is 5.03. The van der Waals surface area contributed by atoms with Crippen molar-refractivity contribution >= 4 is 30.4 Å². The summed E-state index contributed by atoms with van der Waals surface area (Å²) < 4.78 is 37.5. The predicted octanol–water partition coefficient (Wildman–Crippen LogP) is 4.32. The highest BCUT2D eigenvalue weighted by Gasteiger charge is 2.42. The lowest BCUT2D eigenvalue weighted by atomic mass is 10.2. The number of carbonyl (C=O) groups excluding carboxylic acids is 3. The van der Waals surface area contributed by atoms with Gasteiger partial charge in [-0.1, -0.05) is 60.7 Å². The lowest BCUT2D eigenvalue weighted by molar-refractivity contribution is -0.146. The van der Waals surface area contributed by atoms with Crippen LogP contribution in [0, 0.1) is 0 Å². The van der Waals surface area contributed by atoms with Crippen molar-refractivity contribution < 1.29 is 47.5 Å². The molecular formula is C35H51ClN2O10. The molecule has 0 aromatic heterocycles. The molecule has 2 fully saturated rings. The average molecular weight is 695 g/mol. The molecule has 0 saturated carbocycles. The summed E-state index contributed by atoms with van der Waals surface area (Å²) in [6, 6.07) is 19.0. The third-order valence-corrected chi connectivity index (χ3v) is 7.33. The van der Waals surface area contributed by atoms with Crippen molar-refractivity contribution in [2.75, 3.05) is 53.7 Å². The Kier molecular flexibility index (Phi) is 18.5. The number of nitrogens with one attached hydrogen (secondary N) is 1. The second kappa shape index (κ2) is 21.7. The Labute approximate surface area is 290 Å². The van der Waals surface area contributed by atoms with E-state index in [4.69, 9.17) is 33.2 Å². The lowest BCUT2D eigenvalue weighted by Crippen LogP contribution is -2.44. The molecule has 0 spiro atoms. The minimum Gasteiger partial charge on any atom is -0.468 e. The molecule has 2 aromatic carbocycles. The SMILES string of the molecule is COC(=O)[C@@H]1C[C@@H](OCCOCc2ccccc2)CN1.COC(=O)[C@@H]1C[C@@H](OCCOCc2ccccc2)CN1C(=O)OC(C)(C)C.Cl. The van der Waals surface area contributed by atoms with E-state index in [0.29, 0.717) is 59.0 Å². The zero-order chi connectivity index (χ0) is 34.1. The van der Waals surface area contributed by atoms with Gasteiger partial charge < -0.3 is 38.5 Å². The van der Waals surface area contributed by atoms with Crippen molar-refractivity contribution in [2.45, 2.75) is 76.7 Å². The molecule has 0 aliphatic carbocycles. The first kappa shape index (κ1) is 40.9. The number of methoxy groups -OCH3 is 2. The highest BCUT2D eigenvalue weighted by molar-refractivity contribution is 5.85. The van der Waals surface area contributed by atoms with E-state index < -0.39 is 23.7 Å². The second-order valence-electron chi connectivity index (χ2n) is 12.2. The fourth-order valence-electron chi connectivity index (χ4n) is 5.03. The van der Waals surface area contributed by atoms with Gasteiger partial charge >= 0.3 is 18.0 Å². The van der Waals surface area contributed by atoms with E-state index in [1.165, 1.54) is 19.1 Å². The van der Waals surface area contributed by atoms with Crippen LogP contribution in [0.4, 0.5) is 4.79 Å². The molecule has 0 unspecified atom stereocenters. The Morgan fingerprint density at radius 1 is 0.750 bits per heavy atom. The minimum atomic E-state index is -0.694. The third-order valence-electron chi connectivity index (χ3n) is 7.33. The molecule has 1 amide bonds. The van der Waals surface area contributed by atoms with Gasteiger partial charge in [-0.05, 0) is 31.9 Å². The summed E-state index contributed by atoms with van der Waals surface area (Å²) >= 11 is 0. The van der Waals surface area contributed by atoms with Crippen molar-refractivity contribution in [3.8, 4) is 0 Å². The fraction of sp³-hybridized carbons (Fsp3) is 0.571. The molecule has 2 aliphatic heterocycles. The van der Waals surface area contributed by atoms with Crippen LogP contribution < -0.4 is 5.32 Å². The van der Waals surface area contributed by atoms with E-state index in [9.17, 15) is 14.4 Å². The van der Waals surface area contributed by atoms with Crippen LogP contribution in [0.25, 0.3) is 0 Å². The van der Waals surface area contributed by atoms with Crippen molar-refractivity contribution in [3.63, 3.8) is 0 Å². The molecule has 4 rings (SSSR count). The van der Waals surface area contributed by atoms with Crippen LogP contribution >= 0.6 is 12.4 Å². The van der Waals surface area contributed by atoms with Gasteiger partial charge in [0.2, 0.25) is 0 Å². The molecule has 268 valence electrons. The van der Waals surface area contributed by atoms with Crippen LogP contribution in [0.15, 0.2) is 60.7 Å². The van der Waals surface area contributed by atoms with Crippen molar-refractivity contribution in [3.05, 3.63) is 71.8 Å². The van der Waals surface area contributed by atoms with E-state index in [0.717, 1.165) is 11.1 Å². The number of hydrogen-bond acceptors (Lipinski definition) is 11. The number of nitrogens with zero attached hydrogens (tertiary/aromatic N) is 1. The van der Waals surface area contributed by atoms with E-state index in [-0.39, 0.29) is 43.2 Å². The van der Waals surface area contributed by atoms with E-state index in [2.05, 4.69) is 5.32 Å². The largest absolute Gasteiger partial charge is 0.468 e. The minimum absolute atomic E-state index is 0. The topological polar surface area (TPSA) is 131 Å². The maximum Gasteiger partial charge on any atom is 0.411 e. The average Bonchev–Trinajstić information content (AvgIpc) is 3.72. The van der Waals surface area contributed by atoms with Gasteiger partial charge in [0, 0.05) is 19.4 Å². The lowest BCUT2D eigenvalue weighted by Gasteiger charge is -2.27. The number of esters is 2. The van der Waals surface area contributed by atoms with Gasteiger partial charge in [-0.15, -0.1) is 12.4 Å². The summed E-state index contributed by atoms with van der Waals surface area (Å²) in [5.74, 6) is -0.691. The molecule has 2 saturated heterocycles. The Hall–Kier alpha value is -3.26. The van der Waals surface area contributed by atoms with E-state index in [1.807, 2.05) is 60.7 Å². The summed E-state index contributed by atoms with van der Waals surface area (Å²) in [7, 11) is 2.71. The van der Waals surface area contributed by atoms with Crippen LogP contribution in [0.2, 0.25) is 0 Å². The van der Waals surface area contributed by atoms with E-state index >= 15 is 0 Å². The van der Waals surface area contributed by atoms with Crippen LogP contribution in [0.3, 0.4) is 0 Å². The molecule has 0 bridgehead atoms. The van der Waals surface area contributed by atoms with Crippen LogP contribution in [0.5, 0.6) is 0 Å². The molecule has 48 heavy (non-hydrogen) atoms. The Morgan fingerprint density at radius 2 is 1.27 bits per heavy atom. The quantitative estimate of drug-likeness (QED) is 0.172. The highest BCUT2D eigenvalue weighted by atomic mass is 35.5. The number of rotatable bonds is 14. The third kappa shape index (κ3) is 14.9. The zero-order valence-electron chi connectivity index (χ0n) is 28.6. The first-order valence-corrected chi connectivity index (χ1v) is 15.9. The van der Waals surface area contributed by atoms with E-state index in [1.54, 1.807) is 20.8 Å². The van der Waals surface area contributed by atoms with Gasteiger partial charge in [0.05, 0.1) is 72.6 Å². The first-order valence-electron chi connectivity index (χ1n) is 15.9. The Bertz CT molecular complexity index is 1210. The number of amides is 1. The number of carbonyl (C=O) groups is 3.